The molecule has 0 N–H and O–H groups in total. The van der Waals surface area contributed by atoms with Crippen LogP contribution in [0.4, 0.5) is 17.6 Å². The predicted molar refractivity (Wildman–Crippen MR) is 31.2 cm³/mol. The van der Waals surface area contributed by atoms with Crippen LogP contribution >= 0.6 is 0 Å². The molecule has 0 aromatic rings. The van der Waals surface area contributed by atoms with Crippen molar-refractivity contribution in [2.75, 3.05) is 6.67 Å². The molecule has 0 radical (unpaired) electrons. The van der Waals surface area contributed by atoms with Gasteiger partial charge in [0.15, 0.2) is 5.78 Å². The SMILES string of the molecule is O=CC(CF)C(=O)CC(F)(F)F. The molecule has 0 saturated carbocycles. The highest BCUT2D eigenvalue weighted by molar-refractivity contribution is 5.93. The molecule has 0 aliphatic rings. The van der Waals surface area contributed by atoms with Crippen molar-refractivity contribution in [1.82, 2.24) is 0 Å². The number of hydrogen-bond donors (Lipinski definition) is 0. The number of ketones is 1. The second-order valence-electron chi connectivity index (χ2n) is 2.16. The number of hydrogen-bond acceptors (Lipinski definition) is 2. The zero-order valence-corrected chi connectivity index (χ0v) is 5.90. The first-order valence-corrected chi connectivity index (χ1v) is 3.01. The van der Waals surface area contributed by atoms with E-state index < -0.39 is 31.0 Å². The number of Topliss-reactive ketones (excluding diaryl/α,β-unsaturated/α-hetero) is 1. The zero-order chi connectivity index (χ0) is 9.78. The summed E-state index contributed by atoms with van der Waals surface area (Å²) < 4.78 is 46.1. The highest BCUT2D eigenvalue weighted by Crippen LogP contribution is 2.21. The van der Waals surface area contributed by atoms with Gasteiger partial charge in [-0.15, -0.1) is 0 Å². The van der Waals surface area contributed by atoms with Crippen molar-refractivity contribution in [3.05, 3.63) is 0 Å². The molecule has 0 spiro atoms. The Morgan fingerprint density at radius 3 is 2.17 bits per heavy atom. The van der Waals surface area contributed by atoms with Crippen LogP contribution in [0.1, 0.15) is 6.42 Å². The Kier molecular flexibility index (Phi) is 3.85. The predicted octanol–water partition coefficient (Wildman–Crippen LogP) is 1.29. The minimum Gasteiger partial charge on any atom is -0.302 e. The van der Waals surface area contributed by atoms with Gasteiger partial charge in [0.2, 0.25) is 0 Å². The van der Waals surface area contributed by atoms with E-state index in [0.717, 1.165) is 0 Å². The third-order valence-electron chi connectivity index (χ3n) is 1.12. The maximum atomic E-state index is 11.7. The fraction of sp³-hybridized carbons (Fsp3) is 0.667. The third-order valence-corrected chi connectivity index (χ3v) is 1.12. The van der Waals surface area contributed by atoms with E-state index in [0.29, 0.717) is 0 Å². The molecule has 2 nitrogen and oxygen atoms in total. The highest BCUT2D eigenvalue weighted by atomic mass is 19.4. The van der Waals surface area contributed by atoms with E-state index in [-0.39, 0.29) is 6.29 Å². The van der Waals surface area contributed by atoms with E-state index in [1.165, 1.54) is 0 Å². The van der Waals surface area contributed by atoms with Crippen LogP contribution < -0.4 is 0 Å². The smallest absolute Gasteiger partial charge is 0.302 e. The summed E-state index contributed by atoms with van der Waals surface area (Å²) in [5, 5.41) is 0. The van der Waals surface area contributed by atoms with E-state index in [1.807, 2.05) is 0 Å². The van der Waals surface area contributed by atoms with Gasteiger partial charge in [-0.25, -0.2) is 4.39 Å². The van der Waals surface area contributed by atoms with Gasteiger partial charge in [-0.3, -0.25) is 4.79 Å². The van der Waals surface area contributed by atoms with Gasteiger partial charge in [-0.1, -0.05) is 0 Å². The molecule has 0 saturated heterocycles. The lowest BCUT2D eigenvalue weighted by molar-refractivity contribution is -0.155. The van der Waals surface area contributed by atoms with Crippen molar-refractivity contribution in [1.29, 1.82) is 0 Å². The van der Waals surface area contributed by atoms with Gasteiger partial charge in [0, 0.05) is 0 Å². The first-order chi connectivity index (χ1) is 5.40. The Bertz CT molecular complexity index is 175. The molecule has 0 bridgehead atoms. The highest BCUT2D eigenvalue weighted by Gasteiger charge is 2.34. The van der Waals surface area contributed by atoms with Gasteiger partial charge in [0.25, 0.3) is 0 Å². The summed E-state index contributed by atoms with van der Waals surface area (Å²) in [6.07, 6.45) is -6.54. The average Bonchev–Trinajstić information content (AvgIpc) is 1.85. The van der Waals surface area contributed by atoms with Crippen LogP contribution in [-0.2, 0) is 9.59 Å². The second kappa shape index (κ2) is 4.18. The first kappa shape index (κ1) is 11.1. The normalized spacial score (nSPS) is 14.0. The van der Waals surface area contributed by atoms with Crippen molar-refractivity contribution in [2.45, 2.75) is 12.6 Å². The summed E-state index contributed by atoms with van der Waals surface area (Å²) in [7, 11) is 0. The largest absolute Gasteiger partial charge is 0.395 e. The van der Waals surface area contributed by atoms with E-state index in [9.17, 15) is 27.2 Å². The van der Waals surface area contributed by atoms with Gasteiger partial charge < -0.3 is 4.79 Å². The van der Waals surface area contributed by atoms with Crippen molar-refractivity contribution in [3.8, 4) is 0 Å². The van der Waals surface area contributed by atoms with Crippen molar-refractivity contribution >= 4 is 12.1 Å². The summed E-state index contributed by atoms with van der Waals surface area (Å²) >= 11 is 0. The molecule has 0 aromatic carbocycles. The molecule has 12 heavy (non-hydrogen) atoms. The Morgan fingerprint density at radius 2 is 1.92 bits per heavy atom. The Balaban J connectivity index is 4.11. The number of carbonyl (C=O) groups excluding carboxylic acids is 2. The quantitative estimate of drug-likeness (QED) is 0.376. The van der Waals surface area contributed by atoms with Crippen LogP contribution in [0, 0.1) is 5.92 Å². The van der Waals surface area contributed by atoms with Gasteiger partial charge >= 0.3 is 6.18 Å². The molecule has 0 rings (SSSR count). The third kappa shape index (κ3) is 4.05. The van der Waals surface area contributed by atoms with Crippen LogP contribution in [0.5, 0.6) is 0 Å². The summed E-state index contributed by atoms with van der Waals surface area (Å²) in [6, 6.07) is 0. The molecular formula is C6H6F4O2. The molecule has 0 aliphatic carbocycles. The van der Waals surface area contributed by atoms with Crippen LogP contribution in [0.3, 0.4) is 0 Å². The first-order valence-electron chi connectivity index (χ1n) is 3.01. The lowest BCUT2D eigenvalue weighted by Gasteiger charge is -2.07. The van der Waals surface area contributed by atoms with E-state index in [1.54, 1.807) is 0 Å². The molecule has 0 aliphatic heterocycles. The number of halogens is 4. The molecule has 0 amide bonds. The Morgan fingerprint density at radius 1 is 1.42 bits per heavy atom. The summed E-state index contributed by atoms with van der Waals surface area (Å²) in [4.78, 5) is 20.3. The maximum absolute atomic E-state index is 11.7. The molecule has 0 heterocycles. The van der Waals surface area contributed by atoms with Gasteiger partial charge in [0.1, 0.15) is 25.3 Å². The van der Waals surface area contributed by atoms with Crippen LogP contribution in [0.2, 0.25) is 0 Å². The van der Waals surface area contributed by atoms with Gasteiger partial charge in [0.05, 0.1) is 0 Å². The number of aldehydes is 1. The molecule has 0 aromatic heterocycles. The van der Waals surface area contributed by atoms with Crippen LogP contribution in [-0.4, -0.2) is 24.9 Å². The number of carbonyl (C=O) groups is 2. The van der Waals surface area contributed by atoms with Crippen molar-refractivity contribution < 1.29 is 27.2 Å². The molecule has 70 valence electrons. The number of rotatable bonds is 4. The average molecular weight is 186 g/mol. The molecule has 1 atom stereocenters. The lowest BCUT2D eigenvalue weighted by Crippen LogP contribution is -2.24. The van der Waals surface area contributed by atoms with E-state index >= 15 is 0 Å². The molecular weight excluding hydrogens is 180 g/mol. The fourth-order valence-corrected chi connectivity index (χ4v) is 0.527. The van der Waals surface area contributed by atoms with Crippen LogP contribution in [0.15, 0.2) is 0 Å². The summed E-state index contributed by atoms with van der Waals surface area (Å²) in [5.74, 6) is -3.20. The molecule has 6 heteroatoms. The topological polar surface area (TPSA) is 34.1 Å². The van der Waals surface area contributed by atoms with Gasteiger partial charge in [-0.05, 0) is 0 Å². The van der Waals surface area contributed by atoms with E-state index in [2.05, 4.69) is 0 Å². The molecule has 0 fully saturated rings. The standard InChI is InChI=1S/C6H6F4O2/c7-2-4(3-11)5(12)1-6(8,9)10/h3-4H,1-2H2. The van der Waals surface area contributed by atoms with Crippen LogP contribution in [0.25, 0.3) is 0 Å². The van der Waals surface area contributed by atoms with Crippen molar-refractivity contribution in [2.24, 2.45) is 5.92 Å². The number of alkyl halides is 4. The monoisotopic (exact) mass is 186 g/mol. The Labute approximate surface area is 65.5 Å². The maximum Gasteiger partial charge on any atom is 0.395 e. The second-order valence-corrected chi connectivity index (χ2v) is 2.16. The molecule has 1 unspecified atom stereocenters. The Hall–Kier alpha value is -0.940. The fourth-order valence-electron chi connectivity index (χ4n) is 0.527. The van der Waals surface area contributed by atoms with Gasteiger partial charge in [-0.2, -0.15) is 13.2 Å². The summed E-state index contributed by atoms with van der Waals surface area (Å²) in [5.41, 5.74) is 0. The van der Waals surface area contributed by atoms with Crippen molar-refractivity contribution in [3.63, 3.8) is 0 Å². The summed E-state index contributed by atoms with van der Waals surface area (Å²) in [6.45, 7) is -1.38. The zero-order valence-electron chi connectivity index (χ0n) is 5.90. The van der Waals surface area contributed by atoms with E-state index in [4.69, 9.17) is 0 Å². The lowest BCUT2D eigenvalue weighted by atomic mass is 10.1. The minimum atomic E-state index is -4.67. The minimum absolute atomic E-state index is 0.117.